The van der Waals surface area contributed by atoms with Crippen LogP contribution in [0.3, 0.4) is 0 Å². The van der Waals surface area contributed by atoms with Crippen LogP contribution in [0.1, 0.15) is 20.8 Å². The number of ether oxygens (including phenoxy) is 2. The van der Waals surface area contributed by atoms with E-state index in [1.54, 1.807) is 43.4 Å². The van der Waals surface area contributed by atoms with Gasteiger partial charge in [-0.25, -0.2) is 9.97 Å². The van der Waals surface area contributed by atoms with Crippen molar-refractivity contribution in [2.75, 3.05) is 50.6 Å². The van der Waals surface area contributed by atoms with Gasteiger partial charge in [-0.2, -0.15) is 0 Å². The second-order valence-electron chi connectivity index (χ2n) is 7.42. The maximum atomic E-state index is 13.2. The van der Waals surface area contributed by atoms with E-state index in [0.717, 1.165) is 11.4 Å². The maximum Gasteiger partial charge on any atom is 0.276 e. The van der Waals surface area contributed by atoms with Gasteiger partial charge in [0.05, 0.1) is 14.2 Å². The first kappa shape index (κ1) is 22.1. The van der Waals surface area contributed by atoms with Crippen molar-refractivity contribution < 1.29 is 19.1 Å². The number of nitrogens with zero attached hydrogens (tertiary/aromatic N) is 4. The fourth-order valence-electron chi connectivity index (χ4n) is 3.63. The van der Waals surface area contributed by atoms with E-state index in [9.17, 15) is 9.59 Å². The van der Waals surface area contributed by atoms with Crippen molar-refractivity contribution in [2.45, 2.75) is 0 Å². The van der Waals surface area contributed by atoms with Crippen molar-refractivity contribution >= 4 is 23.3 Å². The minimum absolute atomic E-state index is 0.120. The average molecular weight is 447 g/mol. The molecule has 1 saturated heterocycles. The zero-order valence-electron chi connectivity index (χ0n) is 18.5. The van der Waals surface area contributed by atoms with Gasteiger partial charge in [0.25, 0.3) is 11.8 Å². The Hall–Kier alpha value is -4.14. The summed E-state index contributed by atoms with van der Waals surface area (Å²) in [4.78, 5) is 38.2. The van der Waals surface area contributed by atoms with E-state index < -0.39 is 0 Å². The number of carbonyl (C=O) groups excluding carboxylic acids is 2. The summed E-state index contributed by atoms with van der Waals surface area (Å²) in [6, 6.07) is 14.5. The van der Waals surface area contributed by atoms with Crippen LogP contribution in [0.25, 0.3) is 0 Å². The molecule has 33 heavy (non-hydrogen) atoms. The summed E-state index contributed by atoms with van der Waals surface area (Å²) in [7, 11) is 3.20. The second-order valence-corrected chi connectivity index (χ2v) is 7.42. The molecule has 1 fully saturated rings. The number of nitrogens with one attached hydrogen (secondary N) is 1. The molecule has 2 heterocycles. The third-order valence-electron chi connectivity index (χ3n) is 5.47. The molecule has 2 aromatic carbocycles. The number of rotatable bonds is 6. The standard InChI is InChI=1S/C24H25N5O4/c1-32-19-8-6-17(7-9-19)23(30)27-22-21(25-10-11-26-22)24(31)29-14-12-28(13-15-29)18-4-3-5-20(16-18)33-2/h3-11,16H,12-15H2,1-2H3,(H,26,27,30). The first-order chi connectivity index (χ1) is 16.1. The number of amides is 2. The third kappa shape index (κ3) is 5.03. The van der Waals surface area contributed by atoms with Crippen LogP contribution in [0.15, 0.2) is 60.9 Å². The van der Waals surface area contributed by atoms with Crippen molar-refractivity contribution in [3.8, 4) is 11.5 Å². The predicted molar refractivity (Wildman–Crippen MR) is 124 cm³/mol. The van der Waals surface area contributed by atoms with Gasteiger partial charge < -0.3 is 24.6 Å². The van der Waals surface area contributed by atoms with Crippen LogP contribution < -0.4 is 19.7 Å². The first-order valence-electron chi connectivity index (χ1n) is 10.5. The number of carbonyl (C=O) groups is 2. The molecule has 2 amide bonds. The van der Waals surface area contributed by atoms with E-state index in [-0.39, 0.29) is 23.3 Å². The summed E-state index contributed by atoms with van der Waals surface area (Å²) in [5.74, 6) is 0.935. The zero-order valence-corrected chi connectivity index (χ0v) is 18.5. The molecule has 170 valence electrons. The topological polar surface area (TPSA) is 96.9 Å². The molecular weight excluding hydrogens is 422 g/mol. The zero-order chi connectivity index (χ0) is 23.2. The largest absolute Gasteiger partial charge is 0.497 e. The molecular formula is C24H25N5O4. The van der Waals surface area contributed by atoms with Crippen LogP contribution in [0.5, 0.6) is 11.5 Å². The molecule has 9 heteroatoms. The van der Waals surface area contributed by atoms with E-state index in [1.807, 2.05) is 24.3 Å². The fraction of sp³-hybridized carbons (Fsp3) is 0.250. The minimum Gasteiger partial charge on any atom is -0.497 e. The number of aromatic nitrogens is 2. The molecule has 1 aliphatic heterocycles. The molecule has 9 nitrogen and oxygen atoms in total. The summed E-state index contributed by atoms with van der Waals surface area (Å²) in [6.07, 6.45) is 2.89. The van der Waals surface area contributed by atoms with Gasteiger partial charge in [-0.1, -0.05) is 6.07 Å². The summed E-state index contributed by atoms with van der Waals surface area (Å²) in [5.41, 5.74) is 1.59. The molecule has 1 aromatic heterocycles. The Morgan fingerprint density at radius 1 is 0.879 bits per heavy atom. The molecule has 0 spiro atoms. The first-order valence-corrected chi connectivity index (χ1v) is 10.5. The number of methoxy groups -OCH3 is 2. The smallest absolute Gasteiger partial charge is 0.276 e. The van der Waals surface area contributed by atoms with E-state index >= 15 is 0 Å². The van der Waals surface area contributed by atoms with E-state index in [0.29, 0.717) is 37.5 Å². The van der Waals surface area contributed by atoms with Gasteiger partial charge in [0.15, 0.2) is 11.5 Å². The summed E-state index contributed by atoms with van der Waals surface area (Å²) in [5, 5.41) is 2.71. The summed E-state index contributed by atoms with van der Waals surface area (Å²) in [6.45, 7) is 2.40. The summed E-state index contributed by atoms with van der Waals surface area (Å²) >= 11 is 0. The van der Waals surface area contributed by atoms with Crippen LogP contribution in [-0.2, 0) is 0 Å². The highest BCUT2D eigenvalue weighted by atomic mass is 16.5. The van der Waals surface area contributed by atoms with Crippen LogP contribution >= 0.6 is 0 Å². The fourth-order valence-corrected chi connectivity index (χ4v) is 3.63. The number of hydrogen-bond acceptors (Lipinski definition) is 7. The SMILES string of the molecule is COc1ccc(C(=O)Nc2nccnc2C(=O)N2CCN(c3cccc(OC)c3)CC2)cc1. The van der Waals surface area contributed by atoms with Gasteiger partial charge in [0, 0.05) is 55.9 Å². The molecule has 3 aromatic rings. The van der Waals surface area contributed by atoms with Crippen LogP contribution in [-0.4, -0.2) is 67.1 Å². The lowest BCUT2D eigenvalue weighted by atomic mass is 10.2. The van der Waals surface area contributed by atoms with Crippen molar-refractivity contribution in [3.05, 3.63) is 72.2 Å². The molecule has 1 aliphatic rings. The Morgan fingerprint density at radius 2 is 1.58 bits per heavy atom. The number of benzene rings is 2. The Morgan fingerprint density at radius 3 is 2.27 bits per heavy atom. The van der Waals surface area contributed by atoms with Gasteiger partial charge in [-0.3, -0.25) is 9.59 Å². The molecule has 0 unspecified atom stereocenters. The van der Waals surface area contributed by atoms with E-state index in [4.69, 9.17) is 9.47 Å². The predicted octanol–water partition coefficient (Wildman–Crippen LogP) is 2.71. The number of piperazine rings is 1. The van der Waals surface area contributed by atoms with E-state index in [2.05, 4.69) is 20.2 Å². The Labute approximate surface area is 192 Å². The van der Waals surface area contributed by atoms with E-state index in [1.165, 1.54) is 12.4 Å². The average Bonchev–Trinajstić information content (AvgIpc) is 2.88. The Bertz CT molecular complexity index is 1130. The molecule has 0 bridgehead atoms. The lowest BCUT2D eigenvalue weighted by Gasteiger charge is -2.36. The van der Waals surface area contributed by atoms with Gasteiger partial charge in [-0.15, -0.1) is 0 Å². The van der Waals surface area contributed by atoms with Gasteiger partial charge in [-0.05, 0) is 36.4 Å². The normalized spacial score (nSPS) is 13.4. The highest BCUT2D eigenvalue weighted by Crippen LogP contribution is 2.23. The van der Waals surface area contributed by atoms with Gasteiger partial charge in [0.1, 0.15) is 11.5 Å². The van der Waals surface area contributed by atoms with Crippen LogP contribution in [0.2, 0.25) is 0 Å². The van der Waals surface area contributed by atoms with Crippen molar-refractivity contribution in [1.29, 1.82) is 0 Å². The highest BCUT2D eigenvalue weighted by Gasteiger charge is 2.26. The molecule has 0 radical (unpaired) electrons. The quantitative estimate of drug-likeness (QED) is 0.621. The Balaban J connectivity index is 1.43. The number of anilines is 2. The molecule has 4 rings (SSSR count). The number of hydrogen-bond donors (Lipinski definition) is 1. The highest BCUT2D eigenvalue weighted by molar-refractivity contribution is 6.07. The van der Waals surface area contributed by atoms with Crippen LogP contribution in [0.4, 0.5) is 11.5 Å². The summed E-state index contributed by atoms with van der Waals surface area (Å²) < 4.78 is 10.4. The minimum atomic E-state index is -0.380. The lowest BCUT2D eigenvalue weighted by molar-refractivity contribution is 0.0741. The maximum absolute atomic E-state index is 13.2. The van der Waals surface area contributed by atoms with Gasteiger partial charge in [0.2, 0.25) is 0 Å². The van der Waals surface area contributed by atoms with Crippen molar-refractivity contribution in [1.82, 2.24) is 14.9 Å². The van der Waals surface area contributed by atoms with Crippen molar-refractivity contribution in [2.24, 2.45) is 0 Å². The third-order valence-corrected chi connectivity index (χ3v) is 5.47. The molecule has 0 saturated carbocycles. The Kier molecular flexibility index (Phi) is 6.68. The van der Waals surface area contributed by atoms with Gasteiger partial charge >= 0.3 is 0 Å². The molecule has 0 atom stereocenters. The molecule has 0 aliphatic carbocycles. The monoisotopic (exact) mass is 447 g/mol. The molecule has 1 N–H and O–H groups in total. The van der Waals surface area contributed by atoms with Crippen molar-refractivity contribution in [3.63, 3.8) is 0 Å². The van der Waals surface area contributed by atoms with Crippen LogP contribution in [0, 0.1) is 0 Å². The lowest BCUT2D eigenvalue weighted by Crippen LogP contribution is -2.49. The second kappa shape index (κ2) is 9.99.